The van der Waals surface area contributed by atoms with Gasteiger partial charge in [-0.1, -0.05) is 37.6 Å². The summed E-state index contributed by atoms with van der Waals surface area (Å²) < 4.78 is 0. The molecule has 0 bridgehead atoms. The minimum Gasteiger partial charge on any atom is -0.310 e. The molecule has 0 aromatic heterocycles. The van der Waals surface area contributed by atoms with Crippen molar-refractivity contribution in [3.63, 3.8) is 0 Å². The van der Waals surface area contributed by atoms with Crippen LogP contribution >= 0.6 is 0 Å². The second kappa shape index (κ2) is 6.73. The first-order chi connectivity index (χ1) is 8.85. The predicted octanol–water partition coefficient (Wildman–Crippen LogP) is 4.28. The van der Waals surface area contributed by atoms with Crippen molar-refractivity contribution < 1.29 is 0 Å². The normalized spacial score (nSPS) is 13.1. The topological polar surface area (TPSA) is 35.8 Å². The molecule has 1 aromatic rings. The summed E-state index contributed by atoms with van der Waals surface area (Å²) in [4.78, 5) is 0. The molecule has 2 nitrogen and oxygen atoms in total. The van der Waals surface area contributed by atoms with Crippen molar-refractivity contribution in [2.75, 3.05) is 6.54 Å². The molecule has 1 rings (SSSR count). The largest absolute Gasteiger partial charge is 0.310 e. The predicted molar refractivity (Wildman–Crippen MR) is 81.0 cm³/mol. The van der Waals surface area contributed by atoms with Crippen molar-refractivity contribution in [2.24, 2.45) is 5.41 Å². The van der Waals surface area contributed by atoms with Gasteiger partial charge in [0.05, 0.1) is 6.07 Å². The van der Waals surface area contributed by atoms with Crippen LogP contribution < -0.4 is 5.32 Å². The Morgan fingerprint density at radius 1 is 1.32 bits per heavy atom. The van der Waals surface area contributed by atoms with Crippen LogP contribution in [0.25, 0.3) is 0 Å². The van der Waals surface area contributed by atoms with E-state index in [1.165, 1.54) is 16.7 Å². The molecule has 0 aliphatic carbocycles. The van der Waals surface area contributed by atoms with Gasteiger partial charge >= 0.3 is 0 Å². The second-order valence-electron chi connectivity index (χ2n) is 6.28. The molecule has 19 heavy (non-hydrogen) atoms. The third-order valence-electron chi connectivity index (χ3n) is 3.70. The molecule has 0 amide bonds. The van der Waals surface area contributed by atoms with Crippen molar-refractivity contribution >= 4 is 0 Å². The lowest BCUT2D eigenvalue weighted by molar-refractivity contribution is 0.304. The third-order valence-corrected chi connectivity index (χ3v) is 3.70. The van der Waals surface area contributed by atoms with E-state index in [-0.39, 0.29) is 5.41 Å². The van der Waals surface area contributed by atoms with E-state index in [0.717, 1.165) is 13.0 Å². The summed E-state index contributed by atoms with van der Waals surface area (Å²) in [5.74, 6) is 0. The van der Waals surface area contributed by atoms with E-state index in [1.54, 1.807) is 0 Å². The Morgan fingerprint density at radius 3 is 2.63 bits per heavy atom. The molecule has 0 radical (unpaired) electrons. The van der Waals surface area contributed by atoms with Gasteiger partial charge in [0.2, 0.25) is 0 Å². The van der Waals surface area contributed by atoms with Gasteiger partial charge in [-0.15, -0.1) is 0 Å². The Labute approximate surface area is 117 Å². The summed E-state index contributed by atoms with van der Waals surface area (Å²) in [7, 11) is 0. The molecule has 1 atom stereocenters. The summed E-state index contributed by atoms with van der Waals surface area (Å²) >= 11 is 0. The van der Waals surface area contributed by atoms with E-state index in [1.807, 2.05) is 0 Å². The minimum absolute atomic E-state index is 0.168. The highest BCUT2D eigenvalue weighted by atomic mass is 14.9. The lowest BCUT2D eigenvalue weighted by Gasteiger charge is -2.27. The monoisotopic (exact) mass is 258 g/mol. The fraction of sp³-hybridized carbons (Fsp3) is 0.588. The van der Waals surface area contributed by atoms with Crippen LogP contribution in [-0.4, -0.2) is 6.54 Å². The van der Waals surface area contributed by atoms with Crippen LogP contribution in [0.15, 0.2) is 18.2 Å². The minimum atomic E-state index is 0.168. The molecule has 0 fully saturated rings. The van der Waals surface area contributed by atoms with Crippen molar-refractivity contribution in [2.45, 2.75) is 53.5 Å². The zero-order valence-corrected chi connectivity index (χ0v) is 12.9. The molecule has 1 aromatic carbocycles. The smallest absolute Gasteiger partial charge is 0.0621 e. The number of hydrogen-bond donors (Lipinski definition) is 1. The van der Waals surface area contributed by atoms with E-state index < -0.39 is 0 Å². The van der Waals surface area contributed by atoms with Gasteiger partial charge in [-0.05, 0) is 43.7 Å². The second-order valence-corrected chi connectivity index (χ2v) is 6.28. The lowest BCUT2D eigenvalue weighted by Crippen LogP contribution is -2.31. The molecule has 0 aliphatic heterocycles. The molecule has 2 heteroatoms. The average Bonchev–Trinajstić information content (AvgIpc) is 2.36. The Bertz CT molecular complexity index is 455. The highest BCUT2D eigenvalue weighted by Crippen LogP contribution is 2.24. The Kier molecular flexibility index (Phi) is 5.57. The average molecular weight is 258 g/mol. The van der Waals surface area contributed by atoms with Crippen LogP contribution in [0, 0.1) is 30.6 Å². The molecule has 0 saturated carbocycles. The lowest BCUT2D eigenvalue weighted by atomic mass is 9.87. The number of benzene rings is 1. The molecule has 0 saturated heterocycles. The van der Waals surface area contributed by atoms with Crippen LogP contribution in [0.2, 0.25) is 0 Å². The Morgan fingerprint density at radius 2 is 2.00 bits per heavy atom. The van der Waals surface area contributed by atoms with Gasteiger partial charge in [0, 0.05) is 19.0 Å². The standard InChI is InChI=1S/C17H26N2/c1-13-7-8-14(2)16(11-13)15(3)19-12-17(4,5)9-6-10-18/h7-8,11,15,19H,6,9,12H2,1-5H3. The van der Waals surface area contributed by atoms with E-state index >= 15 is 0 Å². The van der Waals surface area contributed by atoms with Crippen LogP contribution in [0.1, 0.15) is 56.3 Å². The zero-order valence-electron chi connectivity index (χ0n) is 12.9. The molecule has 104 valence electrons. The van der Waals surface area contributed by atoms with Crippen LogP contribution in [0.5, 0.6) is 0 Å². The van der Waals surface area contributed by atoms with Gasteiger partial charge in [-0.25, -0.2) is 0 Å². The molecular formula is C17H26N2. The molecule has 0 spiro atoms. The van der Waals surface area contributed by atoms with Crippen LogP contribution in [0.3, 0.4) is 0 Å². The van der Waals surface area contributed by atoms with Crippen LogP contribution in [0.4, 0.5) is 0 Å². The maximum atomic E-state index is 8.68. The molecular weight excluding hydrogens is 232 g/mol. The molecule has 1 unspecified atom stereocenters. The van der Waals surface area contributed by atoms with Crippen molar-refractivity contribution in [1.29, 1.82) is 5.26 Å². The highest BCUT2D eigenvalue weighted by molar-refractivity contribution is 5.32. The van der Waals surface area contributed by atoms with E-state index in [0.29, 0.717) is 12.5 Å². The summed E-state index contributed by atoms with van der Waals surface area (Å²) in [6.45, 7) is 11.9. The quantitative estimate of drug-likeness (QED) is 0.826. The fourth-order valence-corrected chi connectivity index (χ4v) is 2.25. The van der Waals surface area contributed by atoms with Gasteiger partial charge in [-0.3, -0.25) is 0 Å². The molecule has 1 N–H and O–H groups in total. The van der Waals surface area contributed by atoms with E-state index in [2.05, 4.69) is 64.2 Å². The summed E-state index contributed by atoms with van der Waals surface area (Å²) in [5, 5.41) is 12.3. The Balaban J connectivity index is 2.62. The first-order valence-corrected chi connectivity index (χ1v) is 7.03. The molecule has 0 aliphatic rings. The van der Waals surface area contributed by atoms with Crippen molar-refractivity contribution in [3.8, 4) is 6.07 Å². The zero-order chi connectivity index (χ0) is 14.5. The number of hydrogen-bond acceptors (Lipinski definition) is 2. The van der Waals surface area contributed by atoms with Crippen molar-refractivity contribution in [3.05, 3.63) is 34.9 Å². The number of nitrogens with one attached hydrogen (secondary N) is 1. The van der Waals surface area contributed by atoms with Crippen LogP contribution in [-0.2, 0) is 0 Å². The third kappa shape index (κ3) is 5.04. The number of rotatable bonds is 6. The molecule has 0 heterocycles. The Hall–Kier alpha value is -1.33. The van der Waals surface area contributed by atoms with Crippen molar-refractivity contribution in [1.82, 2.24) is 5.32 Å². The summed E-state index contributed by atoms with van der Waals surface area (Å²) in [6.07, 6.45) is 1.57. The number of nitriles is 1. The van der Waals surface area contributed by atoms with E-state index in [9.17, 15) is 0 Å². The maximum absolute atomic E-state index is 8.68. The summed E-state index contributed by atoms with van der Waals surface area (Å²) in [6, 6.07) is 9.18. The first kappa shape index (κ1) is 15.7. The maximum Gasteiger partial charge on any atom is 0.0621 e. The van der Waals surface area contributed by atoms with Gasteiger partial charge in [0.1, 0.15) is 0 Å². The fourth-order valence-electron chi connectivity index (χ4n) is 2.25. The van der Waals surface area contributed by atoms with Gasteiger partial charge in [0.25, 0.3) is 0 Å². The van der Waals surface area contributed by atoms with Gasteiger partial charge < -0.3 is 5.32 Å². The summed E-state index contributed by atoms with van der Waals surface area (Å²) in [5.41, 5.74) is 4.18. The van der Waals surface area contributed by atoms with E-state index in [4.69, 9.17) is 5.26 Å². The first-order valence-electron chi connectivity index (χ1n) is 7.03. The highest BCUT2D eigenvalue weighted by Gasteiger charge is 2.19. The van der Waals surface area contributed by atoms with Gasteiger partial charge in [0.15, 0.2) is 0 Å². The number of nitrogens with zero attached hydrogens (tertiary/aromatic N) is 1. The van der Waals surface area contributed by atoms with Gasteiger partial charge in [-0.2, -0.15) is 5.26 Å². The number of aryl methyl sites for hydroxylation is 2. The SMILES string of the molecule is Cc1ccc(C)c(C(C)NCC(C)(C)CCC#N)c1.